The van der Waals surface area contributed by atoms with Crippen LogP contribution in [0.5, 0.6) is 0 Å². The van der Waals surface area contributed by atoms with Gasteiger partial charge in [0.25, 0.3) is 0 Å². The van der Waals surface area contributed by atoms with Crippen molar-refractivity contribution in [2.24, 2.45) is 0 Å². The van der Waals surface area contributed by atoms with E-state index in [2.05, 4.69) is 12.1 Å². The van der Waals surface area contributed by atoms with Gasteiger partial charge in [0.2, 0.25) is 0 Å². The zero-order valence-corrected chi connectivity index (χ0v) is 12.2. The van der Waals surface area contributed by atoms with E-state index in [-0.39, 0.29) is 5.69 Å². The average molecular weight is 272 g/mol. The lowest BCUT2D eigenvalue weighted by Gasteiger charge is -2.04. The Kier molecular flexibility index (Phi) is 4.24. The van der Waals surface area contributed by atoms with Crippen LogP contribution in [0, 0.1) is 0 Å². The standard InChI is InChI=1S/C17H24N2O/c20-17-18-13-9-5-3-1-2-4-6-10-14-19(17)16-12-8-7-11-15(16)18/h7-8,11-12H,1-6,9-10,13-14H2. The lowest BCUT2D eigenvalue weighted by molar-refractivity contribution is 0.545. The molecule has 3 heteroatoms. The average Bonchev–Trinajstić information content (AvgIpc) is 2.74. The maximum Gasteiger partial charge on any atom is 0.329 e. The fourth-order valence-electron chi connectivity index (χ4n) is 3.31. The first kappa shape index (κ1) is 13.5. The molecule has 2 aromatic rings. The van der Waals surface area contributed by atoms with Crippen molar-refractivity contribution in [2.75, 3.05) is 0 Å². The summed E-state index contributed by atoms with van der Waals surface area (Å²) in [6, 6.07) is 8.23. The molecule has 3 rings (SSSR count). The summed E-state index contributed by atoms with van der Waals surface area (Å²) in [4.78, 5) is 12.6. The molecule has 2 bridgehead atoms. The van der Waals surface area contributed by atoms with E-state index < -0.39 is 0 Å². The number of para-hydroxylation sites is 2. The predicted molar refractivity (Wildman–Crippen MR) is 83.1 cm³/mol. The minimum atomic E-state index is 0.186. The zero-order valence-electron chi connectivity index (χ0n) is 12.2. The fraction of sp³-hybridized carbons (Fsp3) is 0.588. The number of hydrogen-bond acceptors (Lipinski definition) is 1. The number of rotatable bonds is 0. The van der Waals surface area contributed by atoms with Gasteiger partial charge in [0.15, 0.2) is 0 Å². The van der Waals surface area contributed by atoms with Crippen LogP contribution in [0.1, 0.15) is 51.4 Å². The summed E-state index contributed by atoms with van der Waals surface area (Å²) in [6.45, 7) is 1.73. The maximum atomic E-state index is 12.6. The Hall–Kier alpha value is -1.51. The van der Waals surface area contributed by atoms with Gasteiger partial charge in [-0.3, -0.25) is 9.13 Å². The number of nitrogens with zero attached hydrogens (tertiary/aromatic N) is 2. The van der Waals surface area contributed by atoms with Crippen LogP contribution in [-0.4, -0.2) is 9.13 Å². The molecule has 0 aliphatic carbocycles. The van der Waals surface area contributed by atoms with Crippen molar-refractivity contribution in [1.29, 1.82) is 0 Å². The van der Waals surface area contributed by atoms with Crippen LogP contribution in [-0.2, 0) is 13.1 Å². The second-order valence-corrected chi connectivity index (χ2v) is 5.90. The monoisotopic (exact) mass is 272 g/mol. The van der Waals surface area contributed by atoms with Crippen LogP contribution in [0.15, 0.2) is 29.1 Å². The van der Waals surface area contributed by atoms with Crippen molar-refractivity contribution in [2.45, 2.75) is 64.5 Å². The highest BCUT2D eigenvalue weighted by atomic mass is 16.1. The SMILES string of the molecule is O=c1n2c3ccccc3n1CCCCCCCCCC2. The molecular formula is C17H24N2O. The minimum absolute atomic E-state index is 0.186. The van der Waals surface area contributed by atoms with Crippen LogP contribution in [0.3, 0.4) is 0 Å². The molecule has 0 radical (unpaired) electrons. The molecule has 1 aliphatic heterocycles. The van der Waals surface area contributed by atoms with E-state index in [1.54, 1.807) is 0 Å². The minimum Gasteiger partial charge on any atom is -0.292 e. The van der Waals surface area contributed by atoms with Crippen LogP contribution in [0.2, 0.25) is 0 Å². The summed E-state index contributed by atoms with van der Waals surface area (Å²) < 4.78 is 3.96. The largest absolute Gasteiger partial charge is 0.329 e. The number of aromatic nitrogens is 2. The van der Waals surface area contributed by atoms with Gasteiger partial charge in [-0.1, -0.05) is 50.7 Å². The molecule has 0 amide bonds. The second kappa shape index (κ2) is 6.29. The molecule has 0 saturated heterocycles. The molecule has 0 fully saturated rings. The molecule has 1 aliphatic rings. The van der Waals surface area contributed by atoms with E-state index in [1.807, 2.05) is 21.3 Å². The van der Waals surface area contributed by atoms with Gasteiger partial charge in [-0.05, 0) is 25.0 Å². The fourth-order valence-corrected chi connectivity index (χ4v) is 3.31. The Labute approximate surface area is 120 Å². The topological polar surface area (TPSA) is 26.9 Å². The first-order valence-corrected chi connectivity index (χ1v) is 8.06. The quantitative estimate of drug-likeness (QED) is 0.713. The van der Waals surface area contributed by atoms with E-state index in [0.717, 1.165) is 37.0 Å². The third-order valence-corrected chi connectivity index (χ3v) is 4.44. The Morgan fingerprint density at radius 3 is 1.50 bits per heavy atom. The normalized spacial score (nSPS) is 18.2. The molecule has 0 saturated carbocycles. The first-order valence-electron chi connectivity index (χ1n) is 8.06. The molecule has 1 aromatic carbocycles. The van der Waals surface area contributed by atoms with Crippen molar-refractivity contribution >= 4 is 11.0 Å². The molecule has 0 atom stereocenters. The Morgan fingerprint density at radius 2 is 1.05 bits per heavy atom. The lowest BCUT2D eigenvalue weighted by Crippen LogP contribution is -2.24. The molecule has 0 unspecified atom stereocenters. The highest BCUT2D eigenvalue weighted by molar-refractivity contribution is 5.75. The van der Waals surface area contributed by atoms with E-state index >= 15 is 0 Å². The second-order valence-electron chi connectivity index (χ2n) is 5.90. The molecule has 108 valence electrons. The zero-order chi connectivity index (χ0) is 13.8. The van der Waals surface area contributed by atoms with Gasteiger partial charge in [0.1, 0.15) is 0 Å². The molecule has 3 nitrogen and oxygen atoms in total. The summed E-state index contributed by atoms with van der Waals surface area (Å²) in [5, 5.41) is 0. The van der Waals surface area contributed by atoms with Gasteiger partial charge in [-0.25, -0.2) is 4.79 Å². The van der Waals surface area contributed by atoms with Crippen LogP contribution >= 0.6 is 0 Å². The number of imidazole rings is 1. The van der Waals surface area contributed by atoms with Crippen LogP contribution < -0.4 is 5.69 Å². The van der Waals surface area contributed by atoms with Crippen LogP contribution in [0.4, 0.5) is 0 Å². The van der Waals surface area contributed by atoms with E-state index in [9.17, 15) is 4.79 Å². The van der Waals surface area contributed by atoms with Crippen molar-refractivity contribution < 1.29 is 0 Å². The highest BCUT2D eigenvalue weighted by Gasteiger charge is 2.12. The predicted octanol–water partition coefficient (Wildman–Crippen LogP) is 3.94. The maximum absolute atomic E-state index is 12.6. The van der Waals surface area contributed by atoms with Gasteiger partial charge in [0, 0.05) is 13.1 Å². The van der Waals surface area contributed by atoms with E-state index in [0.29, 0.717) is 0 Å². The molecule has 20 heavy (non-hydrogen) atoms. The summed E-state index contributed by atoms with van der Waals surface area (Å²) in [5.41, 5.74) is 2.40. The Bertz CT molecular complexity index is 571. The Morgan fingerprint density at radius 1 is 0.650 bits per heavy atom. The molecule has 1 aromatic heterocycles. The van der Waals surface area contributed by atoms with Gasteiger partial charge < -0.3 is 0 Å². The van der Waals surface area contributed by atoms with Crippen molar-refractivity contribution in [1.82, 2.24) is 9.13 Å². The summed E-state index contributed by atoms with van der Waals surface area (Å²) in [7, 11) is 0. The highest BCUT2D eigenvalue weighted by Crippen LogP contribution is 2.17. The summed E-state index contributed by atoms with van der Waals surface area (Å²) in [5.74, 6) is 0. The summed E-state index contributed by atoms with van der Waals surface area (Å²) >= 11 is 0. The molecular weight excluding hydrogens is 248 g/mol. The third kappa shape index (κ3) is 2.67. The lowest BCUT2D eigenvalue weighted by atomic mass is 10.1. The third-order valence-electron chi connectivity index (χ3n) is 4.44. The molecule has 2 heterocycles. The van der Waals surface area contributed by atoms with Crippen LogP contribution in [0.25, 0.3) is 11.0 Å². The van der Waals surface area contributed by atoms with Crippen molar-refractivity contribution in [3.8, 4) is 0 Å². The molecule has 0 spiro atoms. The molecule has 0 N–H and O–H groups in total. The first-order chi connectivity index (χ1) is 9.88. The van der Waals surface area contributed by atoms with E-state index in [4.69, 9.17) is 0 Å². The van der Waals surface area contributed by atoms with Gasteiger partial charge in [-0.2, -0.15) is 0 Å². The number of hydrogen-bond donors (Lipinski definition) is 0. The number of fused-ring (bicyclic) bond motifs is 5. The smallest absolute Gasteiger partial charge is 0.292 e. The number of benzene rings is 1. The summed E-state index contributed by atoms with van der Waals surface area (Å²) in [6.07, 6.45) is 10.1. The van der Waals surface area contributed by atoms with Crippen molar-refractivity contribution in [3.63, 3.8) is 0 Å². The van der Waals surface area contributed by atoms with Gasteiger partial charge in [0.05, 0.1) is 11.0 Å². The number of aryl methyl sites for hydroxylation is 2. The van der Waals surface area contributed by atoms with Gasteiger partial charge >= 0.3 is 5.69 Å². The van der Waals surface area contributed by atoms with Crippen molar-refractivity contribution in [3.05, 3.63) is 34.7 Å². The Balaban J connectivity index is 1.98. The van der Waals surface area contributed by atoms with Gasteiger partial charge in [-0.15, -0.1) is 0 Å². The van der Waals surface area contributed by atoms with E-state index in [1.165, 1.54) is 38.5 Å².